The minimum absolute atomic E-state index is 0.0413. The fourth-order valence-corrected chi connectivity index (χ4v) is 3.09. The van der Waals surface area contributed by atoms with Gasteiger partial charge < -0.3 is 9.47 Å². The average Bonchev–Trinajstić information content (AvgIpc) is 2.61. The van der Waals surface area contributed by atoms with Crippen LogP contribution in [0.5, 0.6) is 5.75 Å². The van der Waals surface area contributed by atoms with Crippen molar-refractivity contribution >= 4 is 16.0 Å². The maximum absolute atomic E-state index is 12.3. The predicted octanol–water partition coefficient (Wildman–Crippen LogP) is 2.69. The molecular weight excluding hydrogens is 342 g/mol. The van der Waals surface area contributed by atoms with Gasteiger partial charge in [-0.25, -0.2) is 17.5 Å². The van der Waals surface area contributed by atoms with Gasteiger partial charge in [-0.05, 0) is 31.2 Å². The monoisotopic (exact) mass is 363 g/mol. The highest BCUT2D eigenvalue weighted by Crippen LogP contribution is 2.20. The van der Waals surface area contributed by atoms with Crippen LogP contribution in [0.4, 0.5) is 0 Å². The standard InChI is InChI=1S/C18H21NO5S/c1-4-23-17-11-6-5-8-15(17)13-24-18(20)14-9-7-10-16(12-14)25(21,22)19(2)3/h5-12H,4,13H2,1-3H3. The summed E-state index contributed by atoms with van der Waals surface area (Å²) >= 11 is 0. The van der Waals surface area contributed by atoms with E-state index >= 15 is 0 Å². The molecule has 2 aromatic rings. The number of carbonyl (C=O) groups is 1. The Bertz CT molecular complexity index is 846. The summed E-state index contributed by atoms with van der Waals surface area (Å²) in [6, 6.07) is 13.1. The average molecular weight is 363 g/mol. The van der Waals surface area contributed by atoms with Crippen molar-refractivity contribution in [1.29, 1.82) is 0 Å². The van der Waals surface area contributed by atoms with Crippen LogP contribution in [0.2, 0.25) is 0 Å². The van der Waals surface area contributed by atoms with Crippen molar-refractivity contribution in [2.24, 2.45) is 0 Å². The Morgan fingerprint density at radius 1 is 1.08 bits per heavy atom. The number of hydrogen-bond donors (Lipinski definition) is 0. The summed E-state index contributed by atoms with van der Waals surface area (Å²) < 4.78 is 36.2. The van der Waals surface area contributed by atoms with Gasteiger partial charge in [0.1, 0.15) is 12.4 Å². The zero-order chi connectivity index (χ0) is 18.4. The van der Waals surface area contributed by atoms with E-state index in [1.807, 2.05) is 25.1 Å². The molecule has 0 aromatic heterocycles. The van der Waals surface area contributed by atoms with E-state index in [-0.39, 0.29) is 17.1 Å². The molecule has 2 aromatic carbocycles. The van der Waals surface area contributed by atoms with Gasteiger partial charge in [-0.1, -0.05) is 24.3 Å². The van der Waals surface area contributed by atoms with Crippen LogP contribution in [0.3, 0.4) is 0 Å². The second-order valence-corrected chi connectivity index (χ2v) is 7.58. The summed E-state index contributed by atoms with van der Waals surface area (Å²) in [5.74, 6) is 0.0591. The van der Waals surface area contributed by atoms with E-state index in [0.717, 1.165) is 9.87 Å². The van der Waals surface area contributed by atoms with Gasteiger partial charge in [0.2, 0.25) is 10.0 Å². The van der Waals surface area contributed by atoms with Gasteiger partial charge in [-0.15, -0.1) is 0 Å². The molecule has 0 amide bonds. The summed E-state index contributed by atoms with van der Waals surface area (Å²) in [4.78, 5) is 12.3. The molecule has 0 aliphatic carbocycles. The molecule has 0 saturated carbocycles. The fraction of sp³-hybridized carbons (Fsp3) is 0.278. The van der Waals surface area contributed by atoms with Crippen LogP contribution in [-0.4, -0.2) is 39.4 Å². The topological polar surface area (TPSA) is 72.9 Å². The maximum atomic E-state index is 12.3. The minimum atomic E-state index is -3.61. The van der Waals surface area contributed by atoms with Crippen molar-refractivity contribution in [3.05, 3.63) is 59.7 Å². The Labute approximate surface area is 148 Å². The third-order valence-corrected chi connectivity index (χ3v) is 5.29. The molecule has 0 unspecified atom stereocenters. The number of rotatable bonds is 7. The largest absolute Gasteiger partial charge is 0.493 e. The molecule has 0 aliphatic heterocycles. The number of benzene rings is 2. The van der Waals surface area contributed by atoms with Crippen molar-refractivity contribution in [3.63, 3.8) is 0 Å². The van der Waals surface area contributed by atoms with Crippen molar-refractivity contribution in [1.82, 2.24) is 4.31 Å². The molecule has 0 heterocycles. The van der Waals surface area contributed by atoms with Crippen LogP contribution >= 0.6 is 0 Å². The lowest BCUT2D eigenvalue weighted by atomic mass is 10.2. The highest BCUT2D eigenvalue weighted by atomic mass is 32.2. The molecule has 0 fully saturated rings. The Morgan fingerprint density at radius 2 is 1.80 bits per heavy atom. The zero-order valence-electron chi connectivity index (χ0n) is 14.4. The first-order valence-electron chi connectivity index (χ1n) is 7.76. The quantitative estimate of drug-likeness (QED) is 0.707. The summed E-state index contributed by atoms with van der Waals surface area (Å²) in [5.41, 5.74) is 0.923. The van der Waals surface area contributed by atoms with Crippen molar-refractivity contribution in [2.75, 3.05) is 20.7 Å². The molecule has 0 atom stereocenters. The number of sulfonamides is 1. The molecule has 134 valence electrons. The normalized spacial score (nSPS) is 11.4. The lowest BCUT2D eigenvalue weighted by Crippen LogP contribution is -2.22. The molecule has 7 heteroatoms. The number of nitrogens with zero attached hydrogens (tertiary/aromatic N) is 1. The number of carbonyl (C=O) groups excluding carboxylic acids is 1. The van der Waals surface area contributed by atoms with E-state index in [4.69, 9.17) is 9.47 Å². The van der Waals surface area contributed by atoms with Crippen LogP contribution in [0.25, 0.3) is 0 Å². The Balaban J connectivity index is 2.15. The van der Waals surface area contributed by atoms with E-state index in [1.54, 1.807) is 6.07 Å². The van der Waals surface area contributed by atoms with E-state index in [1.165, 1.54) is 38.4 Å². The second-order valence-electron chi connectivity index (χ2n) is 5.43. The molecule has 0 spiro atoms. The highest BCUT2D eigenvalue weighted by molar-refractivity contribution is 7.89. The third-order valence-electron chi connectivity index (χ3n) is 3.48. The molecule has 0 bridgehead atoms. The van der Waals surface area contributed by atoms with E-state index < -0.39 is 16.0 Å². The van der Waals surface area contributed by atoms with Crippen LogP contribution in [-0.2, 0) is 21.4 Å². The van der Waals surface area contributed by atoms with Gasteiger partial charge in [0.25, 0.3) is 0 Å². The summed E-state index contributed by atoms with van der Waals surface area (Å²) in [6.45, 7) is 2.43. The van der Waals surface area contributed by atoms with Gasteiger partial charge in [0.15, 0.2) is 0 Å². The summed E-state index contributed by atoms with van der Waals surface area (Å²) in [7, 11) is -0.738. The lowest BCUT2D eigenvalue weighted by molar-refractivity contribution is 0.0469. The summed E-state index contributed by atoms with van der Waals surface area (Å²) in [5, 5.41) is 0. The molecule has 0 radical (unpaired) electrons. The zero-order valence-corrected chi connectivity index (χ0v) is 15.2. The maximum Gasteiger partial charge on any atom is 0.338 e. The van der Waals surface area contributed by atoms with Gasteiger partial charge in [-0.3, -0.25) is 0 Å². The minimum Gasteiger partial charge on any atom is -0.493 e. The van der Waals surface area contributed by atoms with Gasteiger partial charge in [-0.2, -0.15) is 0 Å². The molecular formula is C18H21NO5S. The summed E-state index contributed by atoms with van der Waals surface area (Å²) in [6.07, 6.45) is 0. The first-order valence-corrected chi connectivity index (χ1v) is 9.20. The van der Waals surface area contributed by atoms with E-state index in [9.17, 15) is 13.2 Å². The Morgan fingerprint density at radius 3 is 2.48 bits per heavy atom. The molecule has 0 N–H and O–H groups in total. The smallest absolute Gasteiger partial charge is 0.338 e. The van der Waals surface area contributed by atoms with Gasteiger partial charge >= 0.3 is 5.97 Å². The van der Waals surface area contributed by atoms with Crippen LogP contribution in [0, 0.1) is 0 Å². The second kappa shape index (κ2) is 8.13. The highest BCUT2D eigenvalue weighted by Gasteiger charge is 2.19. The number of esters is 1. The Kier molecular flexibility index (Phi) is 6.17. The first-order chi connectivity index (χ1) is 11.9. The molecule has 6 nitrogen and oxygen atoms in total. The molecule has 2 rings (SSSR count). The number of ether oxygens (including phenoxy) is 2. The van der Waals surface area contributed by atoms with Crippen LogP contribution in [0.1, 0.15) is 22.8 Å². The van der Waals surface area contributed by atoms with Crippen LogP contribution in [0.15, 0.2) is 53.4 Å². The van der Waals surface area contributed by atoms with Crippen molar-refractivity contribution in [2.45, 2.75) is 18.4 Å². The molecule has 0 saturated heterocycles. The SMILES string of the molecule is CCOc1ccccc1COC(=O)c1cccc(S(=O)(=O)N(C)C)c1. The number of hydrogen-bond acceptors (Lipinski definition) is 5. The van der Waals surface area contributed by atoms with Crippen LogP contribution < -0.4 is 4.74 Å². The van der Waals surface area contributed by atoms with E-state index in [2.05, 4.69) is 0 Å². The van der Waals surface area contributed by atoms with Gasteiger partial charge in [0, 0.05) is 19.7 Å². The lowest BCUT2D eigenvalue weighted by Gasteiger charge is -2.13. The third kappa shape index (κ3) is 4.58. The van der Waals surface area contributed by atoms with Gasteiger partial charge in [0.05, 0.1) is 17.1 Å². The molecule has 0 aliphatic rings. The fourth-order valence-electron chi connectivity index (χ4n) is 2.14. The van der Waals surface area contributed by atoms with Crippen molar-refractivity contribution in [3.8, 4) is 5.75 Å². The molecule has 25 heavy (non-hydrogen) atoms. The Hall–Kier alpha value is -2.38. The van der Waals surface area contributed by atoms with Crippen molar-refractivity contribution < 1.29 is 22.7 Å². The number of para-hydroxylation sites is 1. The van der Waals surface area contributed by atoms with E-state index in [0.29, 0.717) is 12.4 Å². The first kappa shape index (κ1) is 19.0. The predicted molar refractivity (Wildman–Crippen MR) is 94.0 cm³/mol.